The third-order valence-corrected chi connectivity index (χ3v) is 2.76. The Bertz CT molecular complexity index is 613. The van der Waals surface area contributed by atoms with Crippen molar-refractivity contribution in [3.05, 3.63) is 59.9 Å². The summed E-state index contributed by atoms with van der Waals surface area (Å²) < 4.78 is 24.0. The molecule has 0 saturated heterocycles. The van der Waals surface area contributed by atoms with E-state index in [9.17, 15) is 9.18 Å². The topological polar surface area (TPSA) is 55.8 Å². The molecule has 0 amide bonds. The predicted molar refractivity (Wildman–Crippen MR) is 75.4 cm³/mol. The lowest BCUT2D eigenvalue weighted by Gasteiger charge is -2.10. The largest absolute Gasteiger partial charge is 0.493 e. The van der Waals surface area contributed by atoms with Crippen LogP contribution in [0, 0.1) is 5.82 Å². The Morgan fingerprint density at radius 2 is 1.52 bits per heavy atom. The van der Waals surface area contributed by atoms with Gasteiger partial charge in [0.25, 0.3) is 0 Å². The number of rotatable bonds is 7. The molecular formula is C16H15FO4. The summed E-state index contributed by atoms with van der Waals surface area (Å²) in [6, 6.07) is 12.6. The van der Waals surface area contributed by atoms with Crippen LogP contribution in [0.1, 0.15) is 16.8 Å². The zero-order valence-electron chi connectivity index (χ0n) is 11.3. The zero-order chi connectivity index (χ0) is 15.1. The molecule has 0 radical (unpaired) electrons. The van der Waals surface area contributed by atoms with Crippen molar-refractivity contribution in [1.29, 1.82) is 0 Å². The van der Waals surface area contributed by atoms with Crippen LogP contribution < -0.4 is 9.47 Å². The predicted octanol–water partition coefficient (Wildman–Crippen LogP) is 3.37. The highest BCUT2D eigenvalue weighted by molar-refractivity contribution is 5.90. The molecule has 2 rings (SSSR count). The second kappa shape index (κ2) is 7.28. The molecule has 2 aromatic rings. The SMILES string of the molecule is O=C(O)c1ccccc1OCCCOc1ccccc1F. The standard InChI is InChI=1S/C16H15FO4/c17-13-7-2-4-9-15(13)21-11-5-10-20-14-8-3-1-6-12(14)16(18)19/h1-4,6-9H,5,10-11H2,(H,18,19). The highest BCUT2D eigenvalue weighted by Crippen LogP contribution is 2.18. The van der Waals surface area contributed by atoms with Crippen molar-refractivity contribution in [1.82, 2.24) is 0 Å². The molecule has 0 heterocycles. The van der Waals surface area contributed by atoms with E-state index in [1.165, 1.54) is 12.1 Å². The van der Waals surface area contributed by atoms with Crippen LogP contribution in [0.15, 0.2) is 48.5 Å². The number of carboxylic acid groups (broad SMARTS) is 1. The molecule has 0 aliphatic heterocycles. The van der Waals surface area contributed by atoms with Gasteiger partial charge in [-0.2, -0.15) is 0 Å². The summed E-state index contributed by atoms with van der Waals surface area (Å²) in [5, 5.41) is 9.00. The van der Waals surface area contributed by atoms with Crippen molar-refractivity contribution in [2.75, 3.05) is 13.2 Å². The number of hydrogen-bond acceptors (Lipinski definition) is 3. The van der Waals surface area contributed by atoms with Crippen LogP contribution in [0.25, 0.3) is 0 Å². The van der Waals surface area contributed by atoms with Crippen molar-refractivity contribution in [3.63, 3.8) is 0 Å². The molecule has 0 saturated carbocycles. The third-order valence-electron chi connectivity index (χ3n) is 2.76. The van der Waals surface area contributed by atoms with Gasteiger partial charge in [0, 0.05) is 6.42 Å². The van der Waals surface area contributed by atoms with Gasteiger partial charge in [0.15, 0.2) is 11.6 Å². The van der Waals surface area contributed by atoms with Crippen LogP contribution >= 0.6 is 0 Å². The monoisotopic (exact) mass is 290 g/mol. The summed E-state index contributed by atoms with van der Waals surface area (Å²) >= 11 is 0. The lowest BCUT2D eigenvalue weighted by molar-refractivity contribution is 0.0692. The fraction of sp³-hybridized carbons (Fsp3) is 0.188. The van der Waals surface area contributed by atoms with Crippen LogP contribution in [0.3, 0.4) is 0 Å². The van der Waals surface area contributed by atoms with Crippen molar-refractivity contribution >= 4 is 5.97 Å². The quantitative estimate of drug-likeness (QED) is 0.794. The van der Waals surface area contributed by atoms with Gasteiger partial charge in [-0.1, -0.05) is 24.3 Å². The van der Waals surface area contributed by atoms with Gasteiger partial charge in [-0.15, -0.1) is 0 Å². The number of benzene rings is 2. The van der Waals surface area contributed by atoms with Crippen LogP contribution in [-0.4, -0.2) is 24.3 Å². The maximum Gasteiger partial charge on any atom is 0.339 e. The number of carboxylic acids is 1. The summed E-state index contributed by atoms with van der Waals surface area (Å²) in [6.45, 7) is 0.578. The summed E-state index contributed by atoms with van der Waals surface area (Å²) in [6.07, 6.45) is 0.516. The van der Waals surface area contributed by atoms with Crippen molar-refractivity contribution in [2.45, 2.75) is 6.42 Å². The first-order chi connectivity index (χ1) is 10.2. The Kier molecular flexibility index (Phi) is 5.15. The van der Waals surface area contributed by atoms with Crippen LogP contribution in [-0.2, 0) is 0 Å². The highest BCUT2D eigenvalue weighted by Gasteiger charge is 2.09. The lowest BCUT2D eigenvalue weighted by atomic mass is 10.2. The molecule has 1 N–H and O–H groups in total. The van der Waals surface area contributed by atoms with Crippen molar-refractivity contribution < 1.29 is 23.8 Å². The molecule has 0 aliphatic carbocycles. The van der Waals surface area contributed by atoms with Gasteiger partial charge < -0.3 is 14.6 Å². The maximum atomic E-state index is 13.3. The minimum absolute atomic E-state index is 0.118. The van der Waals surface area contributed by atoms with E-state index in [-0.39, 0.29) is 17.9 Å². The van der Waals surface area contributed by atoms with Crippen LogP contribution in [0.5, 0.6) is 11.5 Å². The molecule has 0 bridgehead atoms. The van der Waals surface area contributed by atoms with Crippen molar-refractivity contribution in [2.24, 2.45) is 0 Å². The van der Waals surface area contributed by atoms with Gasteiger partial charge in [-0.3, -0.25) is 0 Å². The second-order valence-corrected chi connectivity index (χ2v) is 4.28. The van der Waals surface area contributed by atoms with Gasteiger partial charge in [0.2, 0.25) is 0 Å². The molecule has 0 aromatic heterocycles. The molecule has 0 unspecified atom stereocenters. The Labute approximate surface area is 121 Å². The average Bonchev–Trinajstić information content (AvgIpc) is 2.49. The first kappa shape index (κ1) is 14.8. The van der Waals surface area contributed by atoms with Crippen LogP contribution in [0.2, 0.25) is 0 Å². The number of aromatic carboxylic acids is 1. The molecule has 2 aromatic carbocycles. The van der Waals surface area contributed by atoms with Gasteiger partial charge >= 0.3 is 5.97 Å². The second-order valence-electron chi connectivity index (χ2n) is 4.28. The van der Waals surface area contributed by atoms with E-state index < -0.39 is 11.8 Å². The molecule has 0 spiro atoms. The summed E-state index contributed by atoms with van der Waals surface area (Å²) in [5.74, 6) is -0.929. The molecule has 0 fully saturated rings. The van der Waals surface area contributed by atoms with E-state index in [1.54, 1.807) is 36.4 Å². The van der Waals surface area contributed by atoms with E-state index in [2.05, 4.69) is 0 Å². The molecule has 0 atom stereocenters. The molecule has 4 nitrogen and oxygen atoms in total. The lowest BCUT2D eigenvalue weighted by Crippen LogP contribution is -2.08. The Hall–Kier alpha value is -2.56. The minimum atomic E-state index is -1.03. The van der Waals surface area contributed by atoms with Gasteiger partial charge in [0.1, 0.15) is 11.3 Å². The highest BCUT2D eigenvalue weighted by atomic mass is 19.1. The number of carbonyl (C=O) groups is 1. The van der Waals surface area contributed by atoms with E-state index in [1.807, 2.05) is 0 Å². The maximum absolute atomic E-state index is 13.3. The Balaban J connectivity index is 1.78. The summed E-state index contributed by atoms with van der Waals surface area (Å²) in [5.41, 5.74) is 0.118. The van der Waals surface area contributed by atoms with Crippen molar-refractivity contribution in [3.8, 4) is 11.5 Å². The number of ether oxygens (including phenoxy) is 2. The Morgan fingerprint density at radius 3 is 2.19 bits per heavy atom. The first-order valence-electron chi connectivity index (χ1n) is 6.51. The molecule has 0 aliphatic rings. The number of hydrogen-bond donors (Lipinski definition) is 1. The fourth-order valence-corrected chi connectivity index (χ4v) is 1.75. The zero-order valence-corrected chi connectivity index (χ0v) is 11.3. The van der Waals surface area contributed by atoms with E-state index in [0.29, 0.717) is 18.8 Å². The molecule has 21 heavy (non-hydrogen) atoms. The van der Waals surface area contributed by atoms with E-state index in [0.717, 1.165) is 0 Å². The van der Waals surface area contributed by atoms with E-state index in [4.69, 9.17) is 14.6 Å². The first-order valence-corrected chi connectivity index (χ1v) is 6.51. The third kappa shape index (κ3) is 4.21. The minimum Gasteiger partial charge on any atom is -0.493 e. The Morgan fingerprint density at radius 1 is 0.952 bits per heavy atom. The molecule has 110 valence electrons. The molecule has 5 heteroatoms. The smallest absolute Gasteiger partial charge is 0.339 e. The van der Waals surface area contributed by atoms with E-state index >= 15 is 0 Å². The summed E-state index contributed by atoms with van der Waals surface area (Å²) in [4.78, 5) is 11.0. The fourth-order valence-electron chi connectivity index (χ4n) is 1.75. The molecular weight excluding hydrogens is 275 g/mol. The normalized spacial score (nSPS) is 10.1. The van der Waals surface area contributed by atoms with Gasteiger partial charge in [-0.05, 0) is 24.3 Å². The van der Waals surface area contributed by atoms with Crippen LogP contribution in [0.4, 0.5) is 4.39 Å². The summed E-state index contributed by atoms with van der Waals surface area (Å²) in [7, 11) is 0. The number of para-hydroxylation sites is 2. The number of halogens is 1. The van der Waals surface area contributed by atoms with Gasteiger partial charge in [0.05, 0.1) is 13.2 Å². The van der Waals surface area contributed by atoms with Gasteiger partial charge in [-0.25, -0.2) is 9.18 Å². The average molecular weight is 290 g/mol.